The number of esters is 1. The van der Waals surface area contributed by atoms with Crippen LogP contribution in [0.3, 0.4) is 0 Å². The molecule has 1 saturated heterocycles. The molecule has 0 saturated carbocycles. The first kappa shape index (κ1) is 23.1. The molecule has 0 aliphatic carbocycles. The summed E-state index contributed by atoms with van der Waals surface area (Å²) in [4.78, 5) is 31.1. The summed E-state index contributed by atoms with van der Waals surface area (Å²) in [6.07, 6.45) is 8.70. The van der Waals surface area contributed by atoms with Crippen LogP contribution in [0.4, 0.5) is 4.79 Å². The summed E-state index contributed by atoms with van der Waals surface area (Å²) in [5.74, 6) is -0.339. The molecule has 1 aromatic carbocycles. The zero-order valence-electron chi connectivity index (χ0n) is 20.7. The Kier molecular flexibility index (Phi) is 5.87. The Hall–Kier alpha value is -3.61. The number of benzene rings is 1. The van der Waals surface area contributed by atoms with Gasteiger partial charge in [0.15, 0.2) is 0 Å². The fourth-order valence-corrected chi connectivity index (χ4v) is 5.19. The van der Waals surface area contributed by atoms with Crippen molar-refractivity contribution in [1.82, 2.24) is 14.5 Å². The zero-order chi connectivity index (χ0) is 24.7. The Bertz CT molecular complexity index is 1300. The van der Waals surface area contributed by atoms with Crippen LogP contribution >= 0.6 is 0 Å². The highest BCUT2D eigenvalue weighted by atomic mass is 16.6. The molecule has 1 fully saturated rings. The van der Waals surface area contributed by atoms with Crippen LogP contribution in [-0.4, -0.2) is 51.3 Å². The average Bonchev–Trinajstić information content (AvgIpc) is 3.35. The Labute approximate surface area is 205 Å². The number of carbonyl (C=O) groups excluding carboxylic acids is 2. The lowest BCUT2D eigenvalue weighted by molar-refractivity contribution is 0.0175. The molecule has 2 aliphatic rings. The average molecular weight is 474 g/mol. The second-order valence-corrected chi connectivity index (χ2v) is 10.3. The minimum absolute atomic E-state index is 0.0669. The van der Waals surface area contributed by atoms with Crippen LogP contribution in [0.5, 0.6) is 0 Å². The molecule has 0 radical (unpaired) electrons. The largest absolute Gasteiger partial charge is 0.465 e. The SMILES string of the molecule is COC(=O)c1ccc(Cn2ccc3c(C4=CC5CCC(C4)N5C(=O)OC(C)(C)C)ccnc32)cc1. The molecule has 2 unspecified atom stereocenters. The highest BCUT2D eigenvalue weighted by Gasteiger charge is 2.41. The predicted octanol–water partition coefficient (Wildman–Crippen LogP) is 5.43. The highest BCUT2D eigenvalue weighted by molar-refractivity contribution is 5.91. The molecule has 2 aliphatic heterocycles. The molecular formula is C28H31N3O4. The zero-order valence-corrected chi connectivity index (χ0v) is 20.7. The summed E-state index contributed by atoms with van der Waals surface area (Å²) in [5, 5.41) is 1.11. The van der Waals surface area contributed by atoms with Gasteiger partial charge in [0.1, 0.15) is 11.2 Å². The van der Waals surface area contributed by atoms with E-state index in [-0.39, 0.29) is 24.1 Å². The maximum atomic E-state index is 12.8. The first-order valence-electron chi connectivity index (χ1n) is 12.1. The minimum atomic E-state index is -0.500. The summed E-state index contributed by atoms with van der Waals surface area (Å²) in [7, 11) is 1.38. The summed E-state index contributed by atoms with van der Waals surface area (Å²) in [6.45, 7) is 6.37. The van der Waals surface area contributed by atoms with Gasteiger partial charge in [-0.3, -0.25) is 4.90 Å². The fourth-order valence-electron chi connectivity index (χ4n) is 5.19. The summed E-state index contributed by atoms with van der Waals surface area (Å²) >= 11 is 0. The number of aromatic nitrogens is 2. The number of carbonyl (C=O) groups is 2. The van der Waals surface area contributed by atoms with E-state index in [1.807, 2.05) is 44.0 Å². The van der Waals surface area contributed by atoms with E-state index in [2.05, 4.69) is 34.0 Å². The van der Waals surface area contributed by atoms with E-state index in [9.17, 15) is 9.59 Å². The van der Waals surface area contributed by atoms with Crippen molar-refractivity contribution in [3.63, 3.8) is 0 Å². The van der Waals surface area contributed by atoms with Crippen molar-refractivity contribution in [1.29, 1.82) is 0 Å². The fraction of sp³-hybridized carbons (Fsp3) is 0.393. The Morgan fingerprint density at radius 3 is 2.54 bits per heavy atom. The van der Waals surface area contributed by atoms with Crippen LogP contribution in [0.25, 0.3) is 16.6 Å². The number of hydrogen-bond acceptors (Lipinski definition) is 5. The van der Waals surface area contributed by atoms with Gasteiger partial charge >= 0.3 is 12.1 Å². The standard InChI is InChI=1S/C28H31N3O4/c1-28(2,3)35-27(33)31-21-9-10-22(31)16-20(15-21)23-11-13-29-25-24(23)12-14-30(25)17-18-5-7-19(8-6-18)26(32)34-4/h5-8,11-15,21-22H,9-10,16-17H2,1-4H3. The molecule has 7 heteroatoms. The van der Waals surface area contributed by atoms with Crippen LogP contribution in [0.2, 0.25) is 0 Å². The molecule has 0 N–H and O–H groups in total. The molecule has 2 bridgehead atoms. The number of methoxy groups -OCH3 is 1. The molecule has 4 heterocycles. The van der Waals surface area contributed by atoms with Crippen LogP contribution < -0.4 is 0 Å². The van der Waals surface area contributed by atoms with Crippen molar-refractivity contribution in [2.75, 3.05) is 7.11 Å². The van der Waals surface area contributed by atoms with Crippen LogP contribution in [-0.2, 0) is 16.0 Å². The molecule has 0 spiro atoms. The molecule has 2 aromatic heterocycles. The maximum absolute atomic E-state index is 12.8. The second-order valence-electron chi connectivity index (χ2n) is 10.3. The Morgan fingerprint density at radius 1 is 1.09 bits per heavy atom. The third kappa shape index (κ3) is 4.55. The van der Waals surface area contributed by atoms with E-state index in [1.165, 1.54) is 18.2 Å². The van der Waals surface area contributed by atoms with Gasteiger partial charge in [0.25, 0.3) is 0 Å². The normalized spacial score (nSPS) is 19.5. The summed E-state index contributed by atoms with van der Waals surface area (Å²) in [5.41, 5.74) is 4.47. The Balaban J connectivity index is 1.39. The summed E-state index contributed by atoms with van der Waals surface area (Å²) < 4.78 is 12.6. The lowest BCUT2D eigenvalue weighted by Gasteiger charge is -2.35. The van der Waals surface area contributed by atoms with Gasteiger partial charge in [-0.2, -0.15) is 0 Å². The van der Waals surface area contributed by atoms with Gasteiger partial charge < -0.3 is 14.0 Å². The van der Waals surface area contributed by atoms with Crippen molar-refractivity contribution in [3.05, 3.63) is 71.6 Å². The van der Waals surface area contributed by atoms with Crippen LogP contribution in [0.1, 0.15) is 61.5 Å². The van der Waals surface area contributed by atoms with Crippen LogP contribution in [0.15, 0.2) is 54.9 Å². The van der Waals surface area contributed by atoms with Gasteiger partial charge in [-0.25, -0.2) is 14.6 Å². The summed E-state index contributed by atoms with van der Waals surface area (Å²) in [6, 6.07) is 11.9. The number of fused-ring (bicyclic) bond motifs is 3. The van der Waals surface area contributed by atoms with Crippen molar-refractivity contribution in [2.45, 2.75) is 64.3 Å². The van der Waals surface area contributed by atoms with E-state index < -0.39 is 5.60 Å². The third-order valence-corrected chi connectivity index (χ3v) is 6.74. The van der Waals surface area contributed by atoms with Gasteiger partial charge in [0, 0.05) is 30.4 Å². The molecule has 1 amide bonds. The molecule has 3 aromatic rings. The predicted molar refractivity (Wildman–Crippen MR) is 134 cm³/mol. The molecule has 182 valence electrons. The van der Waals surface area contributed by atoms with Gasteiger partial charge in [-0.15, -0.1) is 0 Å². The van der Waals surface area contributed by atoms with Gasteiger partial charge in [0.05, 0.1) is 18.7 Å². The Morgan fingerprint density at radius 2 is 1.86 bits per heavy atom. The molecule has 5 rings (SSSR count). The highest BCUT2D eigenvalue weighted by Crippen LogP contribution is 2.41. The van der Waals surface area contributed by atoms with Crippen molar-refractivity contribution in [2.24, 2.45) is 0 Å². The van der Waals surface area contributed by atoms with E-state index >= 15 is 0 Å². The van der Waals surface area contributed by atoms with E-state index in [0.29, 0.717) is 12.1 Å². The third-order valence-electron chi connectivity index (χ3n) is 6.74. The second kappa shape index (κ2) is 8.87. The molecule has 35 heavy (non-hydrogen) atoms. The number of ether oxygens (including phenoxy) is 2. The first-order chi connectivity index (χ1) is 16.7. The van der Waals surface area contributed by atoms with E-state index in [1.54, 1.807) is 12.1 Å². The van der Waals surface area contributed by atoms with E-state index in [0.717, 1.165) is 35.9 Å². The number of amides is 1. The van der Waals surface area contributed by atoms with E-state index in [4.69, 9.17) is 9.47 Å². The number of rotatable bonds is 4. The smallest absolute Gasteiger partial charge is 0.411 e. The molecular weight excluding hydrogens is 442 g/mol. The lowest BCUT2D eigenvalue weighted by Crippen LogP contribution is -2.45. The molecule has 7 nitrogen and oxygen atoms in total. The first-order valence-corrected chi connectivity index (χ1v) is 12.1. The quantitative estimate of drug-likeness (QED) is 0.473. The minimum Gasteiger partial charge on any atom is -0.465 e. The number of hydrogen-bond donors (Lipinski definition) is 0. The topological polar surface area (TPSA) is 73.7 Å². The van der Waals surface area contributed by atoms with Gasteiger partial charge in [-0.05, 0) is 81.0 Å². The maximum Gasteiger partial charge on any atom is 0.411 e. The van der Waals surface area contributed by atoms with Gasteiger partial charge in [-0.1, -0.05) is 18.2 Å². The number of pyridine rings is 1. The lowest BCUT2D eigenvalue weighted by atomic mass is 9.94. The van der Waals surface area contributed by atoms with Crippen molar-refractivity contribution < 1.29 is 19.1 Å². The van der Waals surface area contributed by atoms with Crippen molar-refractivity contribution >= 4 is 28.7 Å². The van der Waals surface area contributed by atoms with Crippen LogP contribution in [0, 0.1) is 0 Å². The monoisotopic (exact) mass is 473 g/mol. The van der Waals surface area contributed by atoms with Crippen molar-refractivity contribution in [3.8, 4) is 0 Å². The van der Waals surface area contributed by atoms with Gasteiger partial charge in [0.2, 0.25) is 0 Å². The molecule has 2 atom stereocenters. The number of nitrogens with zero attached hydrogens (tertiary/aromatic N) is 3.